The number of carbonyl (C=O) groups excluding carboxylic acids is 8. The summed E-state index contributed by atoms with van der Waals surface area (Å²) in [5.74, 6) is -7.99. The monoisotopic (exact) mass is 1050 g/mol. The third-order valence-corrected chi connectivity index (χ3v) is 11.7. The van der Waals surface area contributed by atoms with Gasteiger partial charge in [0.2, 0.25) is 47.3 Å². The molecule has 25 N–H and O–H groups in total. The number of benzene rings is 1. The molecule has 0 radical (unpaired) electrons. The Morgan fingerprint density at radius 1 is 0.757 bits per heavy atom. The van der Waals surface area contributed by atoms with Crippen molar-refractivity contribution in [3.63, 3.8) is 0 Å². The zero-order chi connectivity index (χ0) is 55.3. The number of likely N-dealkylation sites (tertiary alicyclic amines) is 1. The minimum absolute atomic E-state index is 0.0400. The fourth-order valence-corrected chi connectivity index (χ4v) is 7.60. The number of carboxylic acid groups (broad SMARTS) is 1. The maximum absolute atomic E-state index is 14.2. The lowest BCUT2D eigenvalue weighted by Gasteiger charge is -2.30. The van der Waals surface area contributed by atoms with Gasteiger partial charge in [-0.2, -0.15) is 0 Å². The summed E-state index contributed by atoms with van der Waals surface area (Å²) in [4.78, 5) is 125. The van der Waals surface area contributed by atoms with Crippen LogP contribution in [-0.2, 0) is 49.6 Å². The fourth-order valence-electron chi connectivity index (χ4n) is 7.60. The number of nitrogens with one attached hydrogen (secondary N) is 7. The smallest absolute Gasteiger partial charge is 0.352 e. The van der Waals surface area contributed by atoms with E-state index in [1.807, 2.05) is 0 Å². The highest BCUT2D eigenvalue weighted by atomic mass is 16.4. The lowest BCUT2D eigenvalue weighted by atomic mass is 10.0. The van der Waals surface area contributed by atoms with E-state index in [1.165, 1.54) is 17.9 Å². The number of nitrogen functional groups attached to an aromatic ring is 1. The molecule has 1 saturated heterocycles. The van der Waals surface area contributed by atoms with Gasteiger partial charge in [0, 0.05) is 31.7 Å². The minimum Gasteiger partial charge on any atom is -0.477 e. The topological polar surface area (TPSA) is 502 Å². The highest BCUT2D eigenvalue weighted by Crippen LogP contribution is 2.21. The Kier molecular flexibility index (Phi) is 28.7. The van der Waals surface area contributed by atoms with Crippen molar-refractivity contribution in [3.8, 4) is 0 Å². The molecule has 74 heavy (non-hydrogen) atoms. The molecule has 28 nitrogen and oxygen atoms in total. The third kappa shape index (κ3) is 22.4. The van der Waals surface area contributed by atoms with Gasteiger partial charge in [-0.05, 0) is 108 Å². The molecule has 0 saturated carbocycles. The second-order valence-corrected chi connectivity index (χ2v) is 17.7. The van der Waals surface area contributed by atoms with E-state index in [2.05, 4.69) is 42.2 Å². The summed E-state index contributed by atoms with van der Waals surface area (Å²) in [6.07, 6.45) is 2.83. The van der Waals surface area contributed by atoms with E-state index in [0.717, 1.165) is 0 Å². The Morgan fingerprint density at radius 3 is 2.00 bits per heavy atom. The first kappa shape index (κ1) is 63.1. The normalized spacial score (nSPS) is 16.2. The van der Waals surface area contributed by atoms with Gasteiger partial charge in [-0.25, -0.2) is 4.79 Å². The van der Waals surface area contributed by atoms with Crippen LogP contribution in [0.25, 0.3) is 0 Å². The molecule has 0 aliphatic carbocycles. The maximum Gasteiger partial charge on any atom is 0.352 e. The van der Waals surface area contributed by atoms with Crippen molar-refractivity contribution in [1.29, 1.82) is 0 Å². The number of hydrogen-bond acceptors (Lipinski definition) is 17. The second-order valence-electron chi connectivity index (χ2n) is 17.7. The number of nitrogens with two attached hydrogens (primary N) is 8. The molecule has 1 aromatic rings. The van der Waals surface area contributed by atoms with Crippen molar-refractivity contribution in [2.75, 3.05) is 51.5 Å². The van der Waals surface area contributed by atoms with Crippen LogP contribution in [0.15, 0.2) is 41.0 Å². The van der Waals surface area contributed by atoms with Crippen LogP contribution in [0.2, 0.25) is 0 Å². The van der Waals surface area contributed by atoms with E-state index < -0.39 is 120 Å². The second kappa shape index (κ2) is 33.7. The predicted molar refractivity (Wildman–Crippen MR) is 274 cm³/mol. The molecule has 1 aromatic carbocycles. The number of hydrogen-bond donors (Lipinski definition) is 17. The number of aliphatic carboxylic acids is 1. The van der Waals surface area contributed by atoms with Crippen LogP contribution in [-0.4, -0.2) is 169 Å². The Labute approximate surface area is 430 Å². The average Bonchev–Trinajstić information content (AvgIpc) is 3.87. The highest BCUT2D eigenvalue weighted by molar-refractivity contribution is 5.99. The number of amides is 8. The molecular formula is C46H79N17O11. The molecule has 8 amide bonds. The van der Waals surface area contributed by atoms with Gasteiger partial charge in [0.15, 0.2) is 5.96 Å². The van der Waals surface area contributed by atoms with Crippen LogP contribution < -0.4 is 83.1 Å². The first-order valence-corrected chi connectivity index (χ1v) is 24.6. The van der Waals surface area contributed by atoms with E-state index in [4.69, 9.17) is 45.9 Å². The molecule has 1 aliphatic rings. The summed E-state index contributed by atoms with van der Waals surface area (Å²) in [7, 11) is 0. The van der Waals surface area contributed by atoms with E-state index in [-0.39, 0.29) is 77.1 Å². The molecule has 0 bridgehead atoms. The predicted octanol–water partition coefficient (Wildman–Crippen LogP) is -6.25. The molecule has 0 aromatic heterocycles. The molecular weight excluding hydrogens is 967 g/mol. The van der Waals surface area contributed by atoms with E-state index in [9.17, 15) is 53.4 Å². The van der Waals surface area contributed by atoms with Gasteiger partial charge in [0.1, 0.15) is 41.9 Å². The van der Waals surface area contributed by atoms with E-state index in [1.54, 1.807) is 24.3 Å². The van der Waals surface area contributed by atoms with Crippen molar-refractivity contribution < 1.29 is 53.4 Å². The zero-order valence-electron chi connectivity index (χ0n) is 42.0. The number of anilines is 1. The summed E-state index contributed by atoms with van der Waals surface area (Å²) >= 11 is 0. The van der Waals surface area contributed by atoms with Crippen molar-refractivity contribution in [3.05, 3.63) is 41.6 Å². The highest BCUT2D eigenvalue weighted by Gasteiger charge is 2.39. The van der Waals surface area contributed by atoms with Crippen LogP contribution in [0.1, 0.15) is 83.1 Å². The number of guanidine groups is 1. The Hall–Kier alpha value is -6.98. The molecule has 1 fully saturated rings. The third-order valence-electron chi connectivity index (χ3n) is 11.7. The van der Waals surface area contributed by atoms with Gasteiger partial charge >= 0.3 is 5.97 Å². The molecule has 8 atom stereocenters. The van der Waals surface area contributed by atoms with Gasteiger partial charge in [-0.15, -0.1) is 0 Å². The number of unbranched alkanes of at least 4 members (excludes halogenated alkanes) is 2. The van der Waals surface area contributed by atoms with Crippen LogP contribution in [0.5, 0.6) is 0 Å². The van der Waals surface area contributed by atoms with Crippen molar-refractivity contribution in [2.45, 2.75) is 132 Å². The van der Waals surface area contributed by atoms with Gasteiger partial charge in [-0.3, -0.25) is 43.3 Å². The fraction of sp³-hybridized carbons (Fsp3) is 0.609. The molecule has 1 aliphatic heterocycles. The summed E-state index contributed by atoms with van der Waals surface area (Å²) in [5, 5.41) is 37.7. The lowest BCUT2D eigenvalue weighted by Crippen LogP contribution is -2.60. The standard InChI is InChI=1S/C46H79N17O11/c1-26(57-43(71)37(35(64)24-50)62-39(67)29(52)9-2-4-18-47)38(66)56-25-36(65)58-31(11-6-20-49)44(72)63-22-8-13-34(63)42(70)61-33(23-27-14-16-28(51)17-15-27)41(69)59-30(10-3-5-19-48)40(68)60-32(45(73)74)12-7-21-55-46(53)54/h12,14-17,26,29-31,33-35,37,64H,2-11,13,18-25,47-52H2,1H3,(H,56,66)(H,57,71)(H,58,65)(H,59,69)(H,60,68)(H,61,70)(H,62,67)(H,73,74)(H4,53,54,55)/b32-12-/t26-,29?,30-,31+,33?,34-,35?,37-/m0/s1. The Balaban J connectivity index is 2.25. The van der Waals surface area contributed by atoms with Crippen LogP contribution >= 0.6 is 0 Å². The van der Waals surface area contributed by atoms with Gasteiger partial charge in [0.05, 0.1) is 18.7 Å². The molecule has 28 heteroatoms. The van der Waals surface area contributed by atoms with E-state index in [0.29, 0.717) is 49.9 Å². The summed E-state index contributed by atoms with van der Waals surface area (Å²) in [6.45, 7) is 1.17. The van der Waals surface area contributed by atoms with Gasteiger partial charge in [-0.1, -0.05) is 24.6 Å². The quantitative estimate of drug-likeness (QED) is 0.0100. The molecule has 3 unspecified atom stereocenters. The van der Waals surface area contributed by atoms with Crippen LogP contribution in [0.3, 0.4) is 0 Å². The number of aliphatic hydroxyl groups excluding tert-OH is 1. The van der Waals surface area contributed by atoms with Crippen molar-refractivity contribution in [2.24, 2.45) is 45.1 Å². The van der Waals surface area contributed by atoms with Gasteiger partial charge < -0.3 is 98.2 Å². The largest absolute Gasteiger partial charge is 0.477 e. The summed E-state index contributed by atoms with van der Waals surface area (Å²) in [6, 6.07) is -2.33. The number of aliphatic hydroxyl groups is 1. The molecule has 0 spiro atoms. The SMILES string of the molecule is C[C@H](NC(=O)[C@@H](NC(=O)C(N)CCCCN)C(O)CN)C(=O)NCC(=O)N[C@H](CCCN)C(=O)N1CCC[C@H]1C(=O)NC(Cc1ccc(N)cc1)C(=O)N[C@@H](CCCCN)C(=O)N/C(=C\CCN=C(N)N)C(=O)O. The van der Waals surface area contributed by atoms with Gasteiger partial charge in [0.25, 0.3) is 0 Å². The first-order valence-electron chi connectivity index (χ1n) is 24.6. The molecule has 414 valence electrons. The Bertz CT molecular complexity index is 2090. The number of aliphatic imine (C=N–C) groups is 1. The van der Waals surface area contributed by atoms with E-state index >= 15 is 0 Å². The van der Waals surface area contributed by atoms with Crippen LogP contribution in [0, 0.1) is 0 Å². The number of nitrogens with zero attached hydrogens (tertiary/aromatic N) is 2. The zero-order valence-corrected chi connectivity index (χ0v) is 42.0. The lowest BCUT2D eigenvalue weighted by molar-refractivity contribution is -0.142. The number of carboxylic acids is 1. The molecule has 1 heterocycles. The minimum atomic E-state index is -1.56. The maximum atomic E-state index is 14.2. The Morgan fingerprint density at radius 2 is 1.39 bits per heavy atom. The molecule has 2 rings (SSSR count). The number of rotatable bonds is 34. The first-order chi connectivity index (χ1) is 35.2. The van der Waals surface area contributed by atoms with Crippen molar-refractivity contribution in [1.82, 2.24) is 42.1 Å². The summed E-state index contributed by atoms with van der Waals surface area (Å²) in [5.41, 5.74) is 45.5. The van der Waals surface area contributed by atoms with Crippen LogP contribution in [0.4, 0.5) is 5.69 Å². The average molecular weight is 1050 g/mol. The summed E-state index contributed by atoms with van der Waals surface area (Å²) < 4.78 is 0. The number of carbonyl (C=O) groups is 9. The van der Waals surface area contributed by atoms with Crippen molar-refractivity contribution >= 4 is 64.9 Å².